The number of nitrogens with two attached hydrogens (primary N) is 1. The number of aromatic nitrogens is 2. The Morgan fingerprint density at radius 1 is 1.26 bits per heavy atom. The van der Waals surface area contributed by atoms with Crippen LogP contribution in [-0.2, 0) is 0 Å². The van der Waals surface area contributed by atoms with Gasteiger partial charge in [0.2, 0.25) is 0 Å². The molecule has 0 fully saturated rings. The summed E-state index contributed by atoms with van der Waals surface area (Å²) in [4.78, 5) is 20.0. The summed E-state index contributed by atoms with van der Waals surface area (Å²) in [6.07, 6.45) is 2.88. The second kappa shape index (κ2) is 4.41. The standard InChI is InChI=1S/C13H10N4O2/c14-13-17-10(7-19-13)12(18)16-9-5-1-3-8-4-2-6-15-11(8)9/h1-7H,(H2,14,17)(H,16,18). The number of benzene rings is 1. The van der Waals surface area contributed by atoms with E-state index in [0.29, 0.717) is 5.69 Å². The van der Waals surface area contributed by atoms with Crippen molar-refractivity contribution in [3.63, 3.8) is 0 Å². The number of oxazole rings is 1. The lowest BCUT2D eigenvalue weighted by molar-refractivity contribution is 0.102. The summed E-state index contributed by atoms with van der Waals surface area (Å²) in [6, 6.07) is 9.26. The number of hydrogen-bond acceptors (Lipinski definition) is 5. The van der Waals surface area contributed by atoms with Gasteiger partial charge in [-0.15, -0.1) is 0 Å². The molecular formula is C13H10N4O2. The molecule has 1 aromatic carbocycles. The van der Waals surface area contributed by atoms with Gasteiger partial charge in [-0.25, -0.2) is 0 Å². The maximum Gasteiger partial charge on any atom is 0.292 e. The number of anilines is 2. The molecule has 2 heterocycles. The first-order valence-corrected chi connectivity index (χ1v) is 5.60. The van der Waals surface area contributed by atoms with Crippen LogP contribution in [0.25, 0.3) is 10.9 Å². The van der Waals surface area contributed by atoms with Gasteiger partial charge in [0.1, 0.15) is 6.26 Å². The fraction of sp³-hybridized carbons (Fsp3) is 0. The van der Waals surface area contributed by atoms with Crippen molar-refractivity contribution in [2.75, 3.05) is 11.1 Å². The molecule has 2 aromatic heterocycles. The van der Waals surface area contributed by atoms with Crippen LogP contribution in [0.1, 0.15) is 10.5 Å². The van der Waals surface area contributed by atoms with Gasteiger partial charge in [0.15, 0.2) is 5.69 Å². The van der Waals surface area contributed by atoms with E-state index in [1.165, 1.54) is 6.26 Å². The predicted molar refractivity (Wildman–Crippen MR) is 70.6 cm³/mol. The Hall–Kier alpha value is -2.89. The van der Waals surface area contributed by atoms with Gasteiger partial charge < -0.3 is 15.5 Å². The van der Waals surface area contributed by atoms with E-state index in [1.807, 2.05) is 24.3 Å². The monoisotopic (exact) mass is 254 g/mol. The highest BCUT2D eigenvalue weighted by atomic mass is 16.4. The van der Waals surface area contributed by atoms with E-state index in [0.717, 1.165) is 10.9 Å². The number of rotatable bonds is 2. The van der Waals surface area contributed by atoms with E-state index in [9.17, 15) is 4.79 Å². The fourth-order valence-corrected chi connectivity index (χ4v) is 1.78. The van der Waals surface area contributed by atoms with E-state index in [-0.39, 0.29) is 11.7 Å². The summed E-state index contributed by atoms with van der Waals surface area (Å²) in [5.41, 5.74) is 6.79. The van der Waals surface area contributed by atoms with Gasteiger partial charge in [0, 0.05) is 11.6 Å². The summed E-state index contributed by atoms with van der Waals surface area (Å²) in [7, 11) is 0. The predicted octanol–water partition coefficient (Wildman–Crippen LogP) is 2.06. The van der Waals surface area contributed by atoms with Gasteiger partial charge in [-0.05, 0) is 12.1 Å². The van der Waals surface area contributed by atoms with Crippen molar-refractivity contribution in [2.24, 2.45) is 0 Å². The average Bonchev–Trinajstić information content (AvgIpc) is 2.86. The number of nitrogen functional groups attached to an aromatic ring is 1. The first kappa shape index (κ1) is 11.2. The van der Waals surface area contributed by atoms with Crippen molar-refractivity contribution >= 4 is 28.5 Å². The Labute approximate surface area is 108 Å². The Morgan fingerprint density at radius 3 is 2.89 bits per heavy atom. The minimum Gasteiger partial charge on any atom is -0.431 e. The normalized spacial score (nSPS) is 10.5. The first-order chi connectivity index (χ1) is 9.24. The molecule has 3 N–H and O–H groups in total. The van der Waals surface area contributed by atoms with Crippen molar-refractivity contribution in [3.05, 3.63) is 48.5 Å². The van der Waals surface area contributed by atoms with Crippen molar-refractivity contribution < 1.29 is 9.21 Å². The smallest absolute Gasteiger partial charge is 0.292 e. The SMILES string of the molecule is Nc1nc(C(=O)Nc2cccc3cccnc23)co1. The van der Waals surface area contributed by atoms with Gasteiger partial charge in [-0.3, -0.25) is 9.78 Å². The Balaban J connectivity index is 1.95. The second-order valence-electron chi connectivity index (χ2n) is 3.91. The van der Waals surface area contributed by atoms with Gasteiger partial charge in [0.25, 0.3) is 11.9 Å². The van der Waals surface area contributed by atoms with Gasteiger partial charge >= 0.3 is 0 Å². The van der Waals surface area contributed by atoms with E-state index in [1.54, 1.807) is 12.3 Å². The number of carbonyl (C=O) groups is 1. The van der Waals surface area contributed by atoms with E-state index in [2.05, 4.69) is 15.3 Å². The molecule has 0 aliphatic rings. The van der Waals surface area contributed by atoms with Gasteiger partial charge in [-0.1, -0.05) is 18.2 Å². The zero-order valence-corrected chi connectivity index (χ0v) is 9.83. The zero-order chi connectivity index (χ0) is 13.2. The van der Waals surface area contributed by atoms with Gasteiger partial charge in [-0.2, -0.15) is 4.98 Å². The quantitative estimate of drug-likeness (QED) is 0.730. The molecule has 6 heteroatoms. The molecule has 0 aliphatic carbocycles. The summed E-state index contributed by atoms with van der Waals surface area (Å²) in [5.74, 6) is -0.390. The van der Waals surface area contributed by atoms with Crippen molar-refractivity contribution in [1.29, 1.82) is 0 Å². The van der Waals surface area contributed by atoms with Crippen molar-refractivity contribution in [1.82, 2.24) is 9.97 Å². The molecule has 6 nitrogen and oxygen atoms in total. The number of amides is 1. The van der Waals surface area contributed by atoms with E-state index in [4.69, 9.17) is 10.2 Å². The van der Waals surface area contributed by atoms with E-state index < -0.39 is 5.91 Å². The number of hydrogen-bond donors (Lipinski definition) is 2. The Bertz CT molecular complexity index is 746. The molecule has 0 atom stereocenters. The van der Waals surface area contributed by atoms with Crippen LogP contribution in [0, 0.1) is 0 Å². The summed E-state index contributed by atoms with van der Waals surface area (Å²) in [6.45, 7) is 0. The highest BCUT2D eigenvalue weighted by Crippen LogP contribution is 2.21. The molecule has 3 aromatic rings. The average molecular weight is 254 g/mol. The molecule has 0 radical (unpaired) electrons. The minimum atomic E-state index is -0.390. The third-order valence-corrected chi connectivity index (χ3v) is 2.64. The number of carbonyl (C=O) groups excluding carboxylic acids is 1. The Morgan fingerprint density at radius 2 is 2.11 bits per heavy atom. The molecular weight excluding hydrogens is 244 g/mol. The molecule has 0 saturated heterocycles. The van der Waals surface area contributed by atoms with Crippen LogP contribution in [0.4, 0.5) is 11.7 Å². The lowest BCUT2D eigenvalue weighted by atomic mass is 10.2. The number of nitrogens with one attached hydrogen (secondary N) is 1. The minimum absolute atomic E-state index is 0.0406. The number of pyridine rings is 1. The van der Waals surface area contributed by atoms with Crippen molar-refractivity contribution in [3.8, 4) is 0 Å². The van der Waals surface area contributed by atoms with E-state index >= 15 is 0 Å². The third-order valence-electron chi connectivity index (χ3n) is 2.64. The third kappa shape index (κ3) is 2.11. The lowest BCUT2D eigenvalue weighted by Gasteiger charge is -2.06. The maximum absolute atomic E-state index is 12.0. The molecule has 19 heavy (non-hydrogen) atoms. The lowest BCUT2D eigenvalue weighted by Crippen LogP contribution is -2.12. The van der Waals surface area contributed by atoms with Crippen molar-refractivity contribution in [2.45, 2.75) is 0 Å². The largest absolute Gasteiger partial charge is 0.431 e. The van der Waals surface area contributed by atoms with Crippen LogP contribution in [0.2, 0.25) is 0 Å². The number of nitrogens with zero attached hydrogens (tertiary/aromatic N) is 2. The van der Waals surface area contributed by atoms with Gasteiger partial charge in [0.05, 0.1) is 11.2 Å². The molecule has 0 spiro atoms. The number of para-hydroxylation sites is 1. The topological polar surface area (TPSA) is 94.0 Å². The highest BCUT2D eigenvalue weighted by molar-refractivity contribution is 6.07. The molecule has 94 valence electrons. The maximum atomic E-state index is 12.0. The van der Waals surface area contributed by atoms with Crippen LogP contribution in [-0.4, -0.2) is 15.9 Å². The van der Waals surface area contributed by atoms with Crippen LogP contribution in [0.15, 0.2) is 47.2 Å². The zero-order valence-electron chi connectivity index (χ0n) is 9.83. The molecule has 0 unspecified atom stereocenters. The molecule has 0 bridgehead atoms. The van der Waals surface area contributed by atoms with Crippen LogP contribution >= 0.6 is 0 Å². The molecule has 0 aliphatic heterocycles. The first-order valence-electron chi connectivity index (χ1n) is 5.60. The highest BCUT2D eigenvalue weighted by Gasteiger charge is 2.12. The second-order valence-corrected chi connectivity index (χ2v) is 3.91. The summed E-state index contributed by atoms with van der Waals surface area (Å²) < 4.78 is 4.80. The molecule has 3 rings (SSSR count). The fourth-order valence-electron chi connectivity index (χ4n) is 1.78. The Kier molecular flexibility index (Phi) is 2.60. The summed E-state index contributed by atoms with van der Waals surface area (Å²) >= 11 is 0. The van der Waals surface area contributed by atoms with Crippen LogP contribution < -0.4 is 11.1 Å². The van der Waals surface area contributed by atoms with Crippen LogP contribution in [0.3, 0.4) is 0 Å². The molecule has 0 saturated carbocycles. The molecule has 1 amide bonds. The number of fused-ring (bicyclic) bond motifs is 1. The summed E-state index contributed by atoms with van der Waals surface area (Å²) in [5, 5.41) is 3.68. The van der Waals surface area contributed by atoms with Crippen LogP contribution in [0.5, 0.6) is 0 Å².